The fourth-order valence-corrected chi connectivity index (χ4v) is 2.95. The molecule has 0 heterocycles. The Kier molecular flexibility index (Phi) is 18.7. The van der Waals surface area contributed by atoms with E-state index in [0.717, 1.165) is 44.9 Å². The normalized spacial score (nSPS) is 14.4. The Morgan fingerprint density at radius 2 is 1.27 bits per heavy atom. The molecule has 0 aromatic carbocycles. The van der Waals surface area contributed by atoms with Crippen LogP contribution >= 0.6 is 0 Å². The average Bonchev–Trinajstić information content (AvgIpc) is 2.39. The number of aliphatic hydroxyl groups is 1. The Morgan fingerprint density at radius 1 is 0.864 bits per heavy atom. The molecule has 0 radical (unpaired) electrons. The van der Waals surface area contributed by atoms with Gasteiger partial charge in [0.1, 0.15) is 0 Å². The van der Waals surface area contributed by atoms with Crippen LogP contribution in [0, 0.1) is 0 Å². The first kappa shape index (κ1) is 25.7. The van der Waals surface area contributed by atoms with Gasteiger partial charge in [-0.3, -0.25) is 0 Å². The standard InChI is InChI=1S/C16H34O4S.K/c1-3-12-16(17)14-11-9-7-5-4-6-8-10-13-15(2)21(18,19)20;/h15-17H,3-14H2,1-2H3,(H,18,19,20);/q;+1/p-1. The fraction of sp³-hybridized carbons (Fsp3) is 1.00. The second-order valence-corrected chi connectivity index (χ2v) is 7.94. The first-order valence-electron chi connectivity index (χ1n) is 8.50. The molecule has 0 aliphatic heterocycles. The molecule has 0 bridgehead atoms. The summed E-state index contributed by atoms with van der Waals surface area (Å²) in [5, 5.41) is 8.84. The molecular formula is C16H33KO4S. The van der Waals surface area contributed by atoms with E-state index in [1.54, 1.807) is 0 Å². The number of rotatable bonds is 14. The summed E-state index contributed by atoms with van der Waals surface area (Å²) < 4.78 is 32.1. The Morgan fingerprint density at radius 3 is 1.68 bits per heavy atom. The molecule has 0 saturated heterocycles. The summed E-state index contributed by atoms with van der Waals surface area (Å²) in [7, 11) is -4.09. The third-order valence-corrected chi connectivity index (χ3v) is 5.23. The van der Waals surface area contributed by atoms with E-state index in [9.17, 15) is 18.1 Å². The van der Waals surface area contributed by atoms with Crippen molar-refractivity contribution in [2.24, 2.45) is 0 Å². The van der Waals surface area contributed by atoms with Gasteiger partial charge in [0.2, 0.25) is 0 Å². The first-order chi connectivity index (χ1) is 9.88. The van der Waals surface area contributed by atoms with Gasteiger partial charge in [-0.15, -0.1) is 0 Å². The quantitative estimate of drug-likeness (QED) is 0.285. The monoisotopic (exact) mass is 360 g/mol. The summed E-state index contributed by atoms with van der Waals surface area (Å²) in [5.41, 5.74) is 0. The molecule has 2 unspecified atom stereocenters. The summed E-state index contributed by atoms with van der Waals surface area (Å²) in [6.45, 7) is 3.59. The molecular weight excluding hydrogens is 327 g/mol. The molecule has 0 amide bonds. The van der Waals surface area contributed by atoms with Crippen LogP contribution in [-0.2, 0) is 10.1 Å². The zero-order valence-electron chi connectivity index (χ0n) is 14.7. The van der Waals surface area contributed by atoms with Gasteiger partial charge in [-0.05, 0) is 26.2 Å². The van der Waals surface area contributed by atoms with Crippen molar-refractivity contribution in [3.05, 3.63) is 0 Å². The molecule has 0 spiro atoms. The molecule has 0 fully saturated rings. The van der Waals surface area contributed by atoms with Gasteiger partial charge in [-0.2, -0.15) is 0 Å². The Bertz CT molecular complexity index is 333. The maximum absolute atomic E-state index is 10.7. The Labute approximate surface area is 180 Å². The van der Waals surface area contributed by atoms with E-state index < -0.39 is 15.4 Å². The number of hydrogen-bond donors (Lipinski definition) is 1. The second-order valence-electron chi connectivity index (χ2n) is 6.15. The second kappa shape index (κ2) is 16.0. The van der Waals surface area contributed by atoms with Gasteiger partial charge in [0.25, 0.3) is 0 Å². The van der Waals surface area contributed by atoms with Crippen molar-refractivity contribution in [2.75, 3.05) is 0 Å². The SMILES string of the molecule is CCCC(O)CCCCCCCCCCC(C)S(=O)(=O)[O-].[K+]. The maximum atomic E-state index is 10.7. The van der Waals surface area contributed by atoms with Crippen LogP contribution < -0.4 is 51.4 Å². The van der Waals surface area contributed by atoms with Crippen molar-refractivity contribution < 1.29 is 69.5 Å². The minimum atomic E-state index is -4.09. The number of hydrogen-bond acceptors (Lipinski definition) is 4. The van der Waals surface area contributed by atoms with E-state index in [0.29, 0.717) is 6.42 Å². The Hall–Kier alpha value is 1.51. The number of aliphatic hydroxyl groups excluding tert-OH is 1. The predicted octanol–water partition coefficient (Wildman–Crippen LogP) is 0.986. The van der Waals surface area contributed by atoms with Crippen molar-refractivity contribution in [2.45, 2.75) is 102 Å². The predicted molar refractivity (Wildman–Crippen MR) is 86.2 cm³/mol. The Balaban J connectivity index is 0. The van der Waals surface area contributed by atoms with E-state index in [4.69, 9.17) is 0 Å². The third kappa shape index (κ3) is 16.4. The van der Waals surface area contributed by atoms with Gasteiger partial charge in [-0.25, -0.2) is 8.42 Å². The third-order valence-electron chi connectivity index (χ3n) is 4.01. The maximum Gasteiger partial charge on any atom is 1.00 e. The topological polar surface area (TPSA) is 77.4 Å². The molecule has 6 heteroatoms. The van der Waals surface area contributed by atoms with Gasteiger partial charge in [-0.1, -0.05) is 64.7 Å². The largest absolute Gasteiger partial charge is 1.00 e. The van der Waals surface area contributed by atoms with E-state index in [1.165, 1.54) is 32.6 Å². The minimum absolute atomic E-state index is 0. The van der Waals surface area contributed by atoms with E-state index in [1.807, 2.05) is 0 Å². The van der Waals surface area contributed by atoms with Crippen LogP contribution in [0.4, 0.5) is 0 Å². The van der Waals surface area contributed by atoms with Gasteiger partial charge in [0, 0.05) is 5.25 Å². The van der Waals surface area contributed by atoms with Gasteiger partial charge in [0.05, 0.1) is 16.2 Å². The van der Waals surface area contributed by atoms with Crippen LogP contribution in [0.3, 0.4) is 0 Å². The molecule has 0 aromatic heterocycles. The summed E-state index contributed by atoms with van der Waals surface area (Å²) in [6, 6.07) is 0. The van der Waals surface area contributed by atoms with Gasteiger partial charge < -0.3 is 9.66 Å². The molecule has 0 aromatic rings. The first-order valence-corrected chi connectivity index (χ1v) is 9.97. The molecule has 1 N–H and O–H groups in total. The summed E-state index contributed by atoms with van der Waals surface area (Å²) in [4.78, 5) is 0. The molecule has 0 rings (SSSR count). The molecule has 0 aliphatic rings. The van der Waals surface area contributed by atoms with Crippen LogP contribution in [-0.4, -0.2) is 29.4 Å². The smallest absolute Gasteiger partial charge is 0.748 e. The van der Waals surface area contributed by atoms with Crippen LogP contribution in [0.25, 0.3) is 0 Å². The van der Waals surface area contributed by atoms with Crippen molar-refractivity contribution >= 4 is 10.1 Å². The summed E-state index contributed by atoms with van der Waals surface area (Å²) in [6.07, 6.45) is 12.1. The van der Waals surface area contributed by atoms with Crippen molar-refractivity contribution in [3.8, 4) is 0 Å². The van der Waals surface area contributed by atoms with E-state index >= 15 is 0 Å². The van der Waals surface area contributed by atoms with E-state index in [-0.39, 0.29) is 57.5 Å². The van der Waals surface area contributed by atoms with Crippen molar-refractivity contribution in [1.29, 1.82) is 0 Å². The molecule has 22 heavy (non-hydrogen) atoms. The fourth-order valence-electron chi connectivity index (χ4n) is 2.49. The zero-order valence-corrected chi connectivity index (χ0v) is 18.7. The molecule has 0 aliphatic carbocycles. The molecule has 0 saturated carbocycles. The summed E-state index contributed by atoms with van der Waals surface area (Å²) >= 11 is 0. The van der Waals surface area contributed by atoms with Crippen molar-refractivity contribution in [3.63, 3.8) is 0 Å². The van der Waals surface area contributed by atoms with Crippen LogP contribution in [0.2, 0.25) is 0 Å². The van der Waals surface area contributed by atoms with Gasteiger partial charge >= 0.3 is 51.4 Å². The zero-order chi connectivity index (χ0) is 16.1. The molecule has 128 valence electrons. The van der Waals surface area contributed by atoms with Gasteiger partial charge in [0.15, 0.2) is 0 Å². The molecule has 4 nitrogen and oxygen atoms in total. The number of unbranched alkanes of at least 4 members (excludes halogenated alkanes) is 7. The minimum Gasteiger partial charge on any atom is -0.748 e. The summed E-state index contributed by atoms with van der Waals surface area (Å²) in [5.74, 6) is 0. The van der Waals surface area contributed by atoms with Crippen molar-refractivity contribution in [1.82, 2.24) is 0 Å². The van der Waals surface area contributed by atoms with Crippen LogP contribution in [0.15, 0.2) is 0 Å². The molecule has 2 atom stereocenters. The van der Waals surface area contributed by atoms with E-state index in [2.05, 4.69) is 6.92 Å². The average molecular weight is 361 g/mol. The van der Waals surface area contributed by atoms with Crippen LogP contribution in [0.5, 0.6) is 0 Å². The van der Waals surface area contributed by atoms with Crippen LogP contribution in [0.1, 0.15) is 90.9 Å².